The van der Waals surface area contributed by atoms with Crippen LogP contribution in [0.25, 0.3) is 0 Å². The fourth-order valence-electron chi connectivity index (χ4n) is 3.21. The molecule has 1 fully saturated rings. The number of likely N-dealkylation sites (tertiary alicyclic amines) is 1. The van der Waals surface area contributed by atoms with Gasteiger partial charge in [-0.1, -0.05) is 24.6 Å². The van der Waals surface area contributed by atoms with E-state index < -0.39 is 0 Å². The smallest absolute Gasteiger partial charge is 0.223 e. The lowest BCUT2D eigenvalue weighted by Gasteiger charge is -2.35. The number of aryl methyl sites for hydroxylation is 3. The Labute approximate surface area is 116 Å². The van der Waals surface area contributed by atoms with Crippen molar-refractivity contribution in [3.63, 3.8) is 0 Å². The summed E-state index contributed by atoms with van der Waals surface area (Å²) in [6, 6.07) is 4.43. The first kappa shape index (κ1) is 14.1. The summed E-state index contributed by atoms with van der Waals surface area (Å²) in [5, 5.41) is 0. The molecule has 1 aromatic carbocycles. The minimum atomic E-state index is 0.0425. The van der Waals surface area contributed by atoms with E-state index in [9.17, 15) is 4.79 Å². The van der Waals surface area contributed by atoms with Crippen LogP contribution < -0.4 is 0 Å². The van der Waals surface area contributed by atoms with E-state index in [1.54, 1.807) is 0 Å². The molecule has 2 nitrogen and oxygen atoms in total. The second-order valence-corrected chi connectivity index (χ2v) is 6.21. The molecular weight excluding hydrogens is 234 g/mol. The molecule has 2 heteroatoms. The molecule has 0 unspecified atom stereocenters. The van der Waals surface area contributed by atoms with Gasteiger partial charge in [0.1, 0.15) is 0 Å². The van der Waals surface area contributed by atoms with E-state index in [1.165, 1.54) is 22.3 Å². The molecule has 0 bridgehead atoms. The number of benzene rings is 1. The predicted molar refractivity (Wildman–Crippen MR) is 79.1 cm³/mol. The van der Waals surface area contributed by atoms with Crippen molar-refractivity contribution in [1.82, 2.24) is 4.90 Å². The number of hydrogen-bond acceptors (Lipinski definition) is 1. The SMILES string of the molecule is CC[C@@]1(C)CCC(=O)N1Cc1c(C)cc(C)cc1C. The summed E-state index contributed by atoms with van der Waals surface area (Å²) in [5.41, 5.74) is 5.26. The molecule has 1 aliphatic rings. The van der Waals surface area contributed by atoms with Gasteiger partial charge in [-0.3, -0.25) is 4.79 Å². The van der Waals surface area contributed by atoms with Crippen molar-refractivity contribution >= 4 is 5.91 Å². The number of hydrogen-bond donors (Lipinski definition) is 0. The van der Waals surface area contributed by atoms with Crippen LogP contribution in [0.3, 0.4) is 0 Å². The number of rotatable bonds is 3. The zero-order chi connectivity index (χ0) is 14.2. The summed E-state index contributed by atoms with van der Waals surface area (Å²) in [5.74, 6) is 0.309. The second kappa shape index (κ2) is 4.99. The zero-order valence-corrected chi connectivity index (χ0v) is 12.8. The van der Waals surface area contributed by atoms with Gasteiger partial charge in [0.15, 0.2) is 0 Å². The van der Waals surface area contributed by atoms with Gasteiger partial charge in [-0.2, -0.15) is 0 Å². The third kappa shape index (κ3) is 2.54. The molecule has 0 aliphatic carbocycles. The van der Waals surface area contributed by atoms with Gasteiger partial charge in [0, 0.05) is 18.5 Å². The Morgan fingerprint density at radius 1 is 1.21 bits per heavy atom. The molecule has 1 amide bonds. The van der Waals surface area contributed by atoms with E-state index in [-0.39, 0.29) is 5.54 Å². The highest BCUT2D eigenvalue weighted by Crippen LogP contribution is 2.35. The third-order valence-electron chi connectivity index (χ3n) is 4.75. The van der Waals surface area contributed by atoms with Gasteiger partial charge in [-0.05, 0) is 57.2 Å². The van der Waals surface area contributed by atoms with Gasteiger partial charge >= 0.3 is 0 Å². The van der Waals surface area contributed by atoms with Crippen molar-refractivity contribution in [3.8, 4) is 0 Å². The number of carbonyl (C=O) groups is 1. The molecular formula is C17H25NO. The summed E-state index contributed by atoms with van der Waals surface area (Å²) in [6.45, 7) is 11.6. The Morgan fingerprint density at radius 2 is 1.79 bits per heavy atom. The molecule has 2 rings (SSSR count). The van der Waals surface area contributed by atoms with E-state index in [1.807, 2.05) is 0 Å². The highest BCUT2D eigenvalue weighted by molar-refractivity contribution is 5.79. The predicted octanol–water partition coefficient (Wildman–Crippen LogP) is 3.90. The van der Waals surface area contributed by atoms with Gasteiger partial charge in [0.05, 0.1) is 0 Å². The molecule has 0 N–H and O–H groups in total. The van der Waals surface area contributed by atoms with E-state index in [0.717, 1.165) is 19.4 Å². The van der Waals surface area contributed by atoms with E-state index in [4.69, 9.17) is 0 Å². The molecule has 1 aliphatic heterocycles. The van der Waals surface area contributed by atoms with Crippen LogP contribution in [-0.4, -0.2) is 16.3 Å². The summed E-state index contributed by atoms with van der Waals surface area (Å²) in [6.07, 6.45) is 2.73. The lowest BCUT2D eigenvalue weighted by atomic mass is 9.93. The number of nitrogens with zero attached hydrogens (tertiary/aromatic N) is 1. The van der Waals surface area contributed by atoms with Crippen LogP contribution in [0.2, 0.25) is 0 Å². The van der Waals surface area contributed by atoms with Crippen LogP contribution in [0.4, 0.5) is 0 Å². The maximum atomic E-state index is 12.2. The maximum Gasteiger partial charge on any atom is 0.223 e. The maximum absolute atomic E-state index is 12.2. The Bertz CT molecular complexity index is 483. The lowest BCUT2D eigenvalue weighted by Crippen LogP contribution is -2.42. The normalized spacial score (nSPS) is 23.2. The van der Waals surface area contributed by atoms with E-state index in [0.29, 0.717) is 12.3 Å². The van der Waals surface area contributed by atoms with Gasteiger partial charge in [-0.25, -0.2) is 0 Å². The van der Waals surface area contributed by atoms with E-state index >= 15 is 0 Å². The first-order valence-corrected chi connectivity index (χ1v) is 7.24. The molecule has 0 radical (unpaired) electrons. The van der Waals surface area contributed by atoms with Gasteiger partial charge < -0.3 is 4.90 Å². The van der Waals surface area contributed by atoms with Crippen LogP contribution in [0.15, 0.2) is 12.1 Å². The van der Waals surface area contributed by atoms with Crippen LogP contribution in [0.1, 0.15) is 55.4 Å². The van der Waals surface area contributed by atoms with Crippen molar-refractivity contribution in [2.75, 3.05) is 0 Å². The summed E-state index contributed by atoms with van der Waals surface area (Å²) < 4.78 is 0. The fraction of sp³-hybridized carbons (Fsp3) is 0.588. The van der Waals surface area contributed by atoms with Crippen molar-refractivity contribution in [2.24, 2.45) is 0 Å². The van der Waals surface area contributed by atoms with E-state index in [2.05, 4.69) is 51.7 Å². The monoisotopic (exact) mass is 259 g/mol. The Hall–Kier alpha value is -1.31. The molecule has 19 heavy (non-hydrogen) atoms. The standard InChI is InChI=1S/C17H25NO/c1-6-17(5)8-7-16(19)18(17)11-15-13(3)9-12(2)10-14(15)4/h9-10H,6-8,11H2,1-5H3/t17-/m0/s1. The minimum absolute atomic E-state index is 0.0425. The first-order valence-electron chi connectivity index (χ1n) is 7.24. The number of carbonyl (C=O) groups excluding carboxylic acids is 1. The van der Waals surface area contributed by atoms with Crippen LogP contribution in [-0.2, 0) is 11.3 Å². The highest BCUT2D eigenvalue weighted by Gasteiger charge is 2.40. The Kier molecular flexibility index (Phi) is 3.71. The number of amides is 1. The molecule has 0 saturated carbocycles. The Morgan fingerprint density at radius 3 is 2.32 bits per heavy atom. The lowest BCUT2D eigenvalue weighted by molar-refractivity contribution is -0.131. The van der Waals surface area contributed by atoms with Crippen molar-refractivity contribution < 1.29 is 4.79 Å². The van der Waals surface area contributed by atoms with Crippen molar-refractivity contribution in [3.05, 3.63) is 34.4 Å². The largest absolute Gasteiger partial charge is 0.333 e. The van der Waals surface area contributed by atoms with Crippen LogP contribution in [0, 0.1) is 20.8 Å². The highest BCUT2D eigenvalue weighted by atomic mass is 16.2. The average molecular weight is 259 g/mol. The molecule has 1 saturated heterocycles. The fourth-order valence-corrected chi connectivity index (χ4v) is 3.21. The van der Waals surface area contributed by atoms with Gasteiger partial charge in [0.2, 0.25) is 5.91 Å². The van der Waals surface area contributed by atoms with Gasteiger partial charge in [-0.15, -0.1) is 0 Å². The molecule has 0 spiro atoms. The zero-order valence-electron chi connectivity index (χ0n) is 12.8. The second-order valence-electron chi connectivity index (χ2n) is 6.21. The first-order chi connectivity index (χ1) is 8.87. The topological polar surface area (TPSA) is 20.3 Å². The minimum Gasteiger partial charge on any atom is -0.333 e. The van der Waals surface area contributed by atoms with Crippen LogP contribution in [0.5, 0.6) is 0 Å². The average Bonchev–Trinajstić information content (AvgIpc) is 2.61. The van der Waals surface area contributed by atoms with Crippen molar-refractivity contribution in [2.45, 2.75) is 66.0 Å². The third-order valence-corrected chi connectivity index (χ3v) is 4.75. The molecule has 1 aromatic rings. The van der Waals surface area contributed by atoms with Crippen LogP contribution >= 0.6 is 0 Å². The van der Waals surface area contributed by atoms with Crippen molar-refractivity contribution in [1.29, 1.82) is 0 Å². The summed E-state index contributed by atoms with van der Waals surface area (Å²) >= 11 is 0. The summed E-state index contributed by atoms with van der Waals surface area (Å²) in [7, 11) is 0. The summed E-state index contributed by atoms with van der Waals surface area (Å²) in [4.78, 5) is 14.3. The molecule has 0 aromatic heterocycles. The molecule has 104 valence electrons. The Balaban J connectivity index is 2.33. The molecule has 1 atom stereocenters. The van der Waals surface area contributed by atoms with Gasteiger partial charge in [0.25, 0.3) is 0 Å². The molecule has 1 heterocycles. The quantitative estimate of drug-likeness (QED) is 0.806.